The Morgan fingerprint density at radius 2 is 2.16 bits per heavy atom. The van der Waals surface area contributed by atoms with Gasteiger partial charge < -0.3 is 14.7 Å². The van der Waals surface area contributed by atoms with Gasteiger partial charge in [0, 0.05) is 30.6 Å². The topological polar surface area (TPSA) is 66.8 Å². The fraction of sp³-hybridized carbons (Fsp3) is 0.385. The summed E-state index contributed by atoms with van der Waals surface area (Å²) in [6.45, 7) is 2.58. The van der Waals surface area contributed by atoms with Crippen molar-refractivity contribution in [3.63, 3.8) is 0 Å². The molecule has 1 aliphatic heterocycles. The van der Waals surface area contributed by atoms with Crippen molar-refractivity contribution in [1.82, 2.24) is 4.90 Å². The minimum absolute atomic E-state index is 0.00882. The maximum absolute atomic E-state index is 12.2. The van der Waals surface area contributed by atoms with E-state index in [0.29, 0.717) is 31.2 Å². The molecule has 1 aliphatic rings. The predicted octanol–water partition coefficient (Wildman–Crippen LogP) is 1.71. The number of rotatable bonds is 3. The number of hydrogen-bond acceptors (Lipinski definition) is 4. The Labute approximate surface area is 115 Å². The molecule has 0 atom stereocenters. The Hall–Kier alpha value is -1.66. The van der Waals surface area contributed by atoms with E-state index in [9.17, 15) is 9.59 Å². The highest BCUT2D eigenvalue weighted by molar-refractivity contribution is 7.14. The Kier molecular flexibility index (Phi) is 4.70. The number of amides is 1. The van der Waals surface area contributed by atoms with Crippen molar-refractivity contribution in [3.05, 3.63) is 28.0 Å². The zero-order valence-electron chi connectivity index (χ0n) is 10.4. The summed E-state index contributed by atoms with van der Waals surface area (Å²) in [5, 5.41) is 8.55. The molecule has 0 aromatic carbocycles. The van der Waals surface area contributed by atoms with Gasteiger partial charge in [0.2, 0.25) is 0 Å². The third-order valence-corrected chi connectivity index (χ3v) is 3.78. The van der Waals surface area contributed by atoms with E-state index in [1.807, 2.05) is 0 Å². The summed E-state index contributed by atoms with van der Waals surface area (Å²) in [5.74, 6) is -1.00. The first-order valence-corrected chi connectivity index (χ1v) is 6.86. The molecule has 6 heteroatoms. The van der Waals surface area contributed by atoms with E-state index in [4.69, 9.17) is 9.84 Å². The van der Waals surface area contributed by atoms with Gasteiger partial charge in [-0.05, 0) is 24.6 Å². The quantitative estimate of drug-likeness (QED) is 0.856. The highest BCUT2D eigenvalue weighted by atomic mass is 32.1. The van der Waals surface area contributed by atoms with Gasteiger partial charge in [-0.25, -0.2) is 4.79 Å². The number of hydrogen-bond donors (Lipinski definition) is 1. The van der Waals surface area contributed by atoms with E-state index in [1.165, 1.54) is 17.4 Å². The second-order valence-electron chi connectivity index (χ2n) is 4.13. The molecule has 2 heterocycles. The van der Waals surface area contributed by atoms with Crippen LogP contribution in [0.4, 0.5) is 0 Å². The average molecular weight is 281 g/mol. The third-order valence-electron chi connectivity index (χ3n) is 2.74. The molecule has 19 heavy (non-hydrogen) atoms. The summed E-state index contributed by atoms with van der Waals surface area (Å²) in [6, 6.07) is 3.49. The van der Waals surface area contributed by atoms with Crippen LogP contribution in [0.3, 0.4) is 0 Å². The number of thiophene rings is 1. The molecule has 1 aromatic heterocycles. The lowest BCUT2D eigenvalue weighted by Gasteiger charge is -2.18. The summed E-state index contributed by atoms with van der Waals surface area (Å²) in [4.78, 5) is 25.8. The minimum atomic E-state index is -0.994. The first-order chi connectivity index (χ1) is 9.16. The van der Waals surface area contributed by atoms with Crippen molar-refractivity contribution in [2.45, 2.75) is 6.42 Å². The first-order valence-electron chi connectivity index (χ1n) is 6.04. The van der Waals surface area contributed by atoms with Crippen LogP contribution in [0, 0.1) is 0 Å². The zero-order valence-corrected chi connectivity index (χ0v) is 11.2. The van der Waals surface area contributed by atoms with Gasteiger partial charge in [-0.1, -0.05) is 0 Å². The average Bonchev–Trinajstić information content (AvgIpc) is 2.69. The summed E-state index contributed by atoms with van der Waals surface area (Å²) < 4.78 is 5.31. The first kappa shape index (κ1) is 13.8. The molecular weight excluding hydrogens is 266 g/mol. The minimum Gasteiger partial charge on any atom is -0.478 e. The molecule has 0 saturated carbocycles. The van der Waals surface area contributed by atoms with E-state index in [0.717, 1.165) is 17.4 Å². The van der Waals surface area contributed by atoms with Crippen molar-refractivity contribution in [3.8, 4) is 0 Å². The van der Waals surface area contributed by atoms with Crippen molar-refractivity contribution in [2.24, 2.45) is 0 Å². The normalized spacial score (nSPS) is 16.5. The van der Waals surface area contributed by atoms with Gasteiger partial charge in [0.15, 0.2) is 0 Å². The zero-order chi connectivity index (χ0) is 13.7. The fourth-order valence-corrected chi connectivity index (χ4v) is 2.69. The Balaban J connectivity index is 2.04. The van der Waals surface area contributed by atoms with Crippen molar-refractivity contribution >= 4 is 29.3 Å². The third kappa shape index (κ3) is 3.90. The second-order valence-corrected chi connectivity index (χ2v) is 5.25. The maximum Gasteiger partial charge on any atom is 0.328 e. The Morgan fingerprint density at radius 3 is 2.95 bits per heavy atom. The summed E-state index contributed by atoms with van der Waals surface area (Å²) in [7, 11) is 0. The molecule has 1 amide bonds. The number of carbonyl (C=O) groups excluding carboxylic acids is 1. The van der Waals surface area contributed by atoms with Crippen molar-refractivity contribution in [1.29, 1.82) is 0 Å². The summed E-state index contributed by atoms with van der Waals surface area (Å²) in [6.07, 6.45) is 3.41. The van der Waals surface area contributed by atoms with Crippen LogP contribution in [0.25, 0.3) is 6.08 Å². The monoisotopic (exact) mass is 281 g/mol. The highest BCUT2D eigenvalue weighted by Gasteiger charge is 2.18. The largest absolute Gasteiger partial charge is 0.478 e. The lowest BCUT2D eigenvalue weighted by molar-refractivity contribution is -0.131. The number of carboxylic acid groups (broad SMARTS) is 1. The number of aliphatic carboxylic acids is 1. The fourth-order valence-electron chi connectivity index (χ4n) is 1.82. The summed E-state index contributed by atoms with van der Waals surface area (Å²) in [5.41, 5.74) is 0. The second kappa shape index (κ2) is 6.49. The molecule has 0 spiro atoms. The lowest BCUT2D eigenvalue weighted by Crippen LogP contribution is -2.32. The number of carbonyl (C=O) groups is 2. The molecule has 5 nitrogen and oxygen atoms in total. The number of nitrogens with zero attached hydrogens (tertiary/aromatic N) is 1. The summed E-state index contributed by atoms with van der Waals surface area (Å²) >= 11 is 1.30. The van der Waals surface area contributed by atoms with Crippen LogP contribution in [-0.4, -0.2) is 48.2 Å². The molecular formula is C13H15NO4S. The van der Waals surface area contributed by atoms with Crippen molar-refractivity contribution < 1.29 is 19.4 Å². The van der Waals surface area contributed by atoms with E-state index < -0.39 is 5.97 Å². The molecule has 1 fully saturated rings. The van der Waals surface area contributed by atoms with Gasteiger partial charge in [-0.3, -0.25) is 4.79 Å². The van der Waals surface area contributed by atoms with Crippen LogP contribution in [0.1, 0.15) is 21.0 Å². The Bertz CT molecular complexity index is 487. The molecule has 1 aromatic rings. The molecule has 2 rings (SSSR count). The van der Waals surface area contributed by atoms with E-state index >= 15 is 0 Å². The van der Waals surface area contributed by atoms with Gasteiger partial charge in [0.25, 0.3) is 5.91 Å². The predicted molar refractivity (Wildman–Crippen MR) is 72.3 cm³/mol. The maximum atomic E-state index is 12.2. The van der Waals surface area contributed by atoms with Gasteiger partial charge in [-0.15, -0.1) is 11.3 Å². The van der Waals surface area contributed by atoms with E-state index in [1.54, 1.807) is 17.0 Å². The molecule has 0 unspecified atom stereocenters. The SMILES string of the molecule is O=C(O)C=Cc1ccc(C(=O)N2CCCOCC2)s1. The van der Waals surface area contributed by atoms with Gasteiger partial charge in [-0.2, -0.15) is 0 Å². The van der Waals surface area contributed by atoms with Crippen LogP contribution in [0.5, 0.6) is 0 Å². The molecule has 0 radical (unpaired) electrons. The molecule has 0 bridgehead atoms. The smallest absolute Gasteiger partial charge is 0.328 e. The van der Waals surface area contributed by atoms with Gasteiger partial charge in [0.1, 0.15) is 0 Å². The van der Waals surface area contributed by atoms with Crippen molar-refractivity contribution in [2.75, 3.05) is 26.3 Å². The van der Waals surface area contributed by atoms with Crippen LogP contribution in [-0.2, 0) is 9.53 Å². The highest BCUT2D eigenvalue weighted by Crippen LogP contribution is 2.20. The number of carboxylic acids is 1. The van der Waals surface area contributed by atoms with Crippen LogP contribution in [0.15, 0.2) is 18.2 Å². The molecule has 1 N–H and O–H groups in total. The van der Waals surface area contributed by atoms with Gasteiger partial charge >= 0.3 is 5.97 Å². The standard InChI is InChI=1S/C13H15NO4S/c15-12(16)5-3-10-2-4-11(19-10)13(17)14-6-1-8-18-9-7-14/h2-5H,1,6-9H2,(H,15,16). The van der Waals surface area contributed by atoms with E-state index in [2.05, 4.69) is 0 Å². The van der Waals surface area contributed by atoms with E-state index in [-0.39, 0.29) is 5.91 Å². The molecule has 1 saturated heterocycles. The molecule has 0 aliphatic carbocycles. The van der Waals surface area contributed by atoms with Crippen LogP contribution >= 0.6 is 11.3 Å². The van der Waals surface area contributed by atoms with Crippen LogP contribution in [0.2, 0.25) is 0 Å². The Morgan fingerprint density at radius 1 is 1.32 bits per heavy atom. The van der Waals surface area contributed by atoms with Crippen LogP contribution < -0.4 is 0 Å². The molecule has 102 valence electrons. The van der Waals surface area contributed by atoms with Gasteiger partial charge in [0.05, 0.1) is 11.5 Å². The number of ether oxygens (including phenoxy) is 1. The lowest BCUT2D eigenvalue weighted by atomic mass is 10.3.